The van der Waals surface area contributed by atoms with E-state index in [4.69, 9.17) is 9.47 Å². The van der Waals surface area contributed by atoms with Gasteiger partial charge in [-0.1, -0.05) is 36.4 Å². The molecule has 4 heteroatoms. The van der Waals surface area contributed by atoms with Gasteiger partial charge in [-0.3, -0.25) is 0 Å². The number of aliphatic hydroxyl groups is 1. The second-order valence-electron chi connectivity index (χ2n) is 4.62. The normalized spacial score (nSPS) is 11.7. The lowest BCUT2D eigenvalue weighted by molar-refractivity contribution is 0.0450. The van der Waals surface area contributed by atoms with Gasteiger partial charge in [0, 0.05) is 5.92 Å². The summed E-state index contributed by atoms with van der Waals surface area (Å²) in [6.45, 7) is 0.0615. The van der Waals surface area contributed by atoms with Crippen LogP contribution in [0.4, 0.5) is 0 Å². The number of hydrogen-bond donors (Lipinski definition) is 1. The van der Waals surface area contributed by atoms with Crippen LogP contribution >= 0.6 is 0 Å². The first-order valence-corrected chi connectivity index (χ1v) is 6.71. The molecule has 0 radical (unpaired) electrons. The van der Waals surface area contributed by atoms with Gasteiger partial charge in [0.15, 0.2) is 0 Å². The first kappa shape index (κ1) is 15.1. The number of ether oxygens (including phenoxy) is 2. The molecule has 2 rings (SSSR count). The SMILES string of the molecule is COc1cccc(C(=O)OCC(CO)c2ccccc2)c1. The Balaban J connectivity index is 1.99. The molecule has 1 unspecified atom stereocenters. The molecule has 0 aromatic heterocycles. The summed E-state index contributed by atoms with van der Waals surface area (Å²) in [5.41, 5.74) is 1.37. The van der Waals surface area contributed by atoms with E-state index >= 15 is 0 Å². The molecule has 0 bridgehead atoms. The van der Waals surface area contributed by atoms with Gasteiger partial charge in [0.25, 0.3) is 0 Å². The summed E-state index contributed by atoms with van der Waals surface area (Å²) >= 11 is 0. The largest absolute Gasteiger partial charge is 0.497 e. The molecule has 110 valence electrons. The van der Waals surface area contributed by atoms with Crippen LogP contribution in [0, 0.1) is 0 Å². The van der Waals surface area contributed by atoms with E-state index in [2.05, 4.69) is 0 Å². The lowest BCUT2D eigenvalue weighted by Crippen LogP contribution is -2.16. The van der Waals surface area contributed by atoms with Gasteiger partial charge in [-0.15, -0.1) is 0 Å². The van der Waals surface area contributed by atoms with Crippen molar-refractivity contribution >= 4 is 5.97 Å². The van der Waals surface area contributed by atoms with Crippen LogP contribution in [0.25, 0.3) is 0 Å². The number of benzene rings is 2. The van der Waals surface area contributed by atoms with Crippen molar-refractivity contribution in [3.63, 3.8) is 0 Å². The van der Waals surface area contributed by atoms with Gasteiger partial charge in [0.2, 0.25) is 0 Å². The van der Waals surface area contributed by atoms with Crippen LogP contribution in [-0.2, 0) is 4.74 Å². The highest BCUT2D eigenvalue weighted by Gasteiger charge is 2.14. The summed E-state index contributed by atoms with van der Waals surface area (Å²) in [7, 11) is 1.54. The number of hydrogen-bond acceptors (Lipinski definition) is 4. The molecular formula is C17H18O4. The maximum Gasteiger partial charge on any atom is 0.338 e. The Morgan fingerprint density at radius 2 is 1.90 bits per heavy atom. The lowest BCUT2D eigenvalue weighted by atomic mass is 10.0. The molecule has 0 heterocycles. The summed E-state index contributed by atoms with van der Waals surface area (Å²) in [5, 5.41) is 9.43. The fourth-order valence-corrected chi connectivity index (χ4v) is 1.99. The second-order valence-corrected chi connectivity index (χ2v) is 4.62. The molecule has 0 aliphatic carbocycles. The van der Waals surface area contributed by atoms with Gasteiger partial charge in [-0.25, -0.2) is 4.79 Å². The van der Waals surface area contributed by atoms with Crippen LogP contribution in [0.1, 0.15) is 21.8 Å². The van der Waals surface area contributed by atoms with Crippen LogP contribution < -0.4 is 4.74 Å². The lowest BCUT2D eigenvalue weighted by Gasteiger charge is -2.15. The summed E-state index contributed by atoms with van der Waals surface area (Å²) < 4.78 is 10.4. The monoisotopic (exact) mass is 286 g/mol. The van der Waals surface area contributed by atoms with E-state index in [-0.39, 0.29) is 19.1 Å². The minimum atomic E-state index is -0.428. The first-order valence-electron chi connectivity index (χ1n) is 6.71. The number of carbonyl (C=O) groups excluding carboxylic acids is 1. The van der Waals surface area contributed by atoms with Crippen LogP contribution in [0.5, 0.6) is 5.75 Å². The van der Waals surface area contributed by atoms with E-state index in [1.165, 1.54) is 0 Å². The van der Waals surface area contributed by atoms with E-state index in [0.717, 1.165) is 5.56 Å². The zero-order valence-electron chi connectivity index (χ0n) is 11.9. The van der Waals surface area contributed by atoms with Crippen molar-refractivity contribution in [3.8, 4) is 5.75 Å². The average molecular weight is 286 g/mol. The predicted molar refractivity (Wildman–Crippen MR) is 79.5 cm³/mol. The Labute approximate surface area is 123 Å². The molecule has 2 aromatic rings. The molecule has 0 saturated heterocycles. The second kappa shape index (κ2) is 7.45. The number of carbonyl (C=O) groups is 1. The van der Waals surface area contributed by atoms with Gasteiger partial charge in [-0.2, -0.15) is 0 Å². The molecule has 2 aromatic carbocycles. The highest BCUT2D eigenvalue weighted by atomic mass is 16.5. The Bertz CT molecular complexity index is 580. The Kier molecular flexibility index (Phi) is 5.35. The Morgan fingerprint density at radius 1 is 1.14 bits per heavy atom. The van der Waals surface area contributed by atoms with Gasteiger partial charge >= 0.3 is 5.97 Å². The van der Waals surface area contributed by atoms with Crippen molar-refractivity contribution in [2.45, 2.75) is 5.92 Å². The number of rotatable bonds is 6. The maximum atomic E-state index is 12.0. The zero-order valence-corrected chi connectivity index (χ0v) is 11.9. The third kappa shape index (κ3) is 4.07. The predicted octanol–water partition coefficient (Wildman–Crippen LogP) is 2.63. The molecule has 1 atom stereocenters. The van der Waals surface area contributed by atoms with Crippen LogP contribution in [0.2, 0.25) is 0 Å². The standard InChI is InChI=1S/C17H18O4/c1-20-16-9-5-8-14(10-16)17(19)21-12-15(11-18)13-6-3-2-4-7-13/h2-10,15,18H,11-12H2,1H3. The molecule has 4 nitrogen and oxygen atoms in total. The van der Waals surface area contributed by atoms with Gasteiger partial charge < -0.3 is 14.6 Å². The Morgan fingerprint density at radius 3 is 2.57 bits per heavy atom. The molecule has 1 N–H and O–H groups in total. The summed E-state index contributed by atoms with van der Waals surface area (Å²) in [5.74, 6) is -0.0461. The quantitative estimate of drug-likeness (QED) is 0.829. The smallest absolute Gasteiger partial charge is 0.338 e. The van der Waals surface area contributed by atoms with Gasteiger partial charge in [0.05, 0.1) is 19.3 Å². The number of methoxy groups -OCH3 is 1. The van der Waals surface area contributed by atoms with E-state index in [1.807, 2.05) is 30.3 Å². The molecular weight excluding hydrogens is 268 g/mol. The fourth-order valence-electron chi connectivity index (χ4n) is 1.99. The maximum absolute atomic E-state index is 12.0. The minimum Gasteiger partial charge on any atom is -0.497 e. The van der Waals surface area contributed by atoms with Crippen molar-refractivity contribution in [2.75, 3.05) is 20.3 Å². The molecule has 0 aliphatic heterocycles. The third-order valence-corrected chi connectivity index (χ3v) is 3.21. The highest BCUT2D eigenvalue weighted by molar-refractivity contribution is 5.89. The molecule has 21 heavy (non-hydrogen) atoms. The fraction of sp³-hybridized carbons (Fsp3) is 0.235. The summed E-state index contributed by atoms with van der Waals surface area (Å²) in [6.07, 6.45) is 0. The molecule has 0 saturated carbocycles. The first-order chi connectivity index (χ1) is 10.2. The van der Waals surface area contributed by atoms with Crippen molar-refractivity contribution in [3.05, 3.63) is 65.7 Å². The van der Waals surface area contributed by atoms with Crippen LogP contribution in [0.15, 0.2) is 54.6 Å². The van der Waals surface area contributed by atoms with Crippen LogP contribution in [-0.4, -0.2) is 31.4 Å². The van der Waals surface area contributed by atoms with Crippen molar-refractivity contribution in [1.29, 1.82) is 0 Å². The van der Waals surface area contributed by atoms with E-state index in [9.17, 15) is 9.90 Å². The Hall–Kier alpha value is -2.33. The number of esters is 1. The summed E-state index contributed by atoms with van der Waals surface area (Å²) in [6, 6.07) is 16.3. The van der Waals surface area contributed by atoms with E-state index in [0.29, 0.717) is 11.3 Å². The van der Waals surface area contributed by atoms with Crippen molar-refractivity contribution in [2.24, 2.45) is 0 Å². The topological polar surface area (TPSA) is 55.8 Å². The van der Waals surface area contributed by atoms with Gasteiger partial charge in [-0.05, 0) is 23.8 Å². The van der Waals surface area contributed by atoms with E-state index in [1.54, 1.807) is 31.4 Å². The molecule has 0 aliphatic rings. The third-order valence-electron chi connectivity index (χ3n) is 3.21. The van der Waals surface area contributed by atoms with Crippen LogP contribution in [0.3, 0.4) is 0 Å². The van der Waals surface area contributed by atoms with Crippen molar-refractivity contribution in [1.82, 2.24) is 0 Å². The molecule has 0 fully saturated rings. The highest BCUT2D eigenvalue weighted by Crippen LogP contribution is 2.17. The number of aliphatic hydroxyl groups excluding tert-OH is 1. The summed E-state index contributed by atoms with van der Waals surface area (Å²) in [4.78, 5) is 12.0. The average Bonchev–Trinajstić information content (AvgIpc) is 2.56. The zero-order chi connectivity index (χ0) is 15.1. The van der Waals surface area contributed by atoms with Crippen molar-refractivity contribution < 1.29 is 19.4 Å². The van der Waals surface area contributed by atoms with E-state index < -0.39 is 5.97 Å². The van der Waals surface area contributed by atoms with Gasteiger partial charge in [0.1, 0.15) is 12.4 Å². The molecule has 0 amide bonds. The minimum absolute atomic E-state index is 0.0740. The molecule has 0 spiro atoms.